The normalized spacial score (nSPS) is 16.0. The summed E-state index contributed by atoms with van der Waals surface area (Å²) in [6.45, 7) is 0.754. The van der Waals surface area contributed by atoms with Gasteiger partial charge in [-0.3, -0.25) is 4.79 Å². The van der Waals surface area contributed by atoms with E-state index in [0.717, 1.165) is 24.1 Å². The van der Waals surface area contributed by atoms with Crippen LogP contribution in [0, 0.1) is 11.6 Å². The van der Waals surface area contributed by atoms with Gasteiger partial charge in [0.2, 0.25) is 0 Å². The average Bonchev–Trinajstić information content (AvgIpc) is 3.18. The van der Waals surface area contributed by atoms with Crippen LogP contribution in [-0.2, 0) is 16.1 Å². The lowest BCUT2D eigenvalue weighted by Crippen LogP contribution is -2.29. The molecule has 2 aromatic rings. The van der Waals surface area contributed by atoms with Crippen molar-refractivity contribution >= 4 is 23.3 Å². The number of halogens is 2. The van der Waals surface area contributed by atoms with E-state index in [2.05, 4.69) is 16.0 Å². The highest BCUT2D eigenvalue weighted by Gasteiger charge is 2.23. The maximum absolute atomic E-state index is 13.5. The minimum atomic E-state index is -0.857. The van der Waals surface area contributed by atoms with Crippen molar-refractivity contribution in [2.75, 3.05) is 17.2 Å². The van der Waals surface area contributed by atoms with Gasteiger partial charge in [-0.2, -0.15) is 0 Å². The topological polar surface area (TPSA) is 79.5 Å². The van der Waals surface area contributed by atoms with E-state index in [1.54, 1.807) is 24.3 Å². The van der Waals surface area contributed by atoms with Crippen molar-refractivity contribution < 1.29 is 23.1 Å². The number of hydrogen-bond donors (Lipinski definition) is 3. The highest BCUT2D eigenvalue weighted by Crippen LogP contribution is 2.17. The molecule has 1 fully saturated rings. The molecule has 0 spiro atoms. The Morgan fingerprint density at radius 1 is 1.11 bits per heavy atom. The van der Waals surface area contributed by atoms with Crippen LogP contribution in [0.2, 0.25) is 0 Å². The molecule has 0 bridgehead atoms. The standard InChI is InChI=1S/C19H19F2N3O3/c20-13-6-7-16(15(21)10-13)24-19(26)22-11-12-3-1-4-14(9-12)23-18(25)17-5-2-8-27-17/h1,3-4,6-7,9-10,17H,2,5,8,11H2,(H,23,25)(H2,22,24,26)/t17-/m1/s1. The summed E-state index contributed by atoms with van der Waals surface area (Å²) in [4.78, 5) is 24.0. The molecule has 6 nitrogen and oxygen atoms in total. The molecule has 0 aliphatic carbocycles. The summed E-state index contributed by atoms with van der Waals surface area (Å²) in [5, 5.41) is 7.68. The van der Waals surface area contributed by atoms with Gasteiger partial charge in [-0.25, -0.2) is 13.6 Å². The van der Waals surface area contributed by atoms with Crippen molar-refractivity contribution in [1.82, 2.24) is 5.32 Å². The Hall–Kier alpha value is -3.00. The second-order valence-electron chi connectivity index (χ2n) is 6.12. The van der Waals surface area contributed by atoms with Gasteiger partial charge in [0, 0.05) is 24.9 Å². The van der Waals surface area contributed by atoms with E-state index in [9.17, 15) is 18.4 Å². The number of benzene rings is 2. The summed E-state index contributed by atoms with van der Waals surface area (Å²) in [5.41, 5.74) is 1.22. The number of carbonyl (C=O) groups is 2. The third kappa shape index (κ3) is 5.24. The van der Waals surface area contributed by atoms with Crippen LogP contribution in [0.3, 0.4) is 0 Å². The lowest BCUT2D eigenvalue weighted by Gasteiger charge is -2.12. The number of hydrogen-bond acceptors (Lipinski definition) is 3. The molecule has 1 aliphatic rings. The second-order valence-corrected chi connectivity index (χ2v) is 6.12. The molecule has 0 unspecified atom stereocenters. The van der Waals surface area contributed by atoms with Crippen LogP contribution in [0.4, 0.5) is 25.0 Å². The number of amides is 3. The van der Waals surface area contributed by atoms with E-state index in [0.29, 0.717) is 24.8 Å². The van der Waals surface area contributed by atoms with E-state index in [1.807, 2.05) is 0 Å². The Labute approximate surface area is 154 Å². The SMILES string of the molecule is O=C(NCc1cccc(NC(=O)[C@H]2CCCO2)c1)Nc1ccc(F)cc1F. The number of rotatable bonds is 5. The summed E-state index contributed by atoms with van der Waals surface area (Å²) >= 11 is 0. The van der Waals surface area contributed by atoms with Crippen LogP contribution in [0.15, 0.2) is 42.5 Å². The summed E-state index contributed by atoms with van der Waals surface area (Å²) in [6.07, 6.45) is 1.14. The van der Waals surface area contributed by atoms with Crippen molar-refractivity contribution in [1.29, 1.82) is 0 Å². The molecule has 27 heavy (non-hydrogen) atoms. The fraction of sp³-hybridized carbons (Fsp3) is 0.263. The van der Waals surface area contributed by atoms with Gasteiger partial charge in [-0.05, 0) is 42.7 Å². The van der Waals surface area contributed by atoms with Crippen LogP contribution in [0.1, 0.15) is 18.4 Å². The molecule has 3 N–H and O–H groups in total. The molecule has 2 aromatic carbocycles. The molecular formula is C19H19F2N3O3. The molecule has 0 aromatic heterocycles. The Morgan fingerprint density at radius 3 is 2.70 bits per heavy atom. The van der Waals surface area contributed by atoms with Crippen LogP contribution >= 0.6 is 0 Å². The number of nitrogens with one attached hydrogen (secondary N) is 3. The summed E-state index contributed by atoms with van der Waals surface area (Å²) < 4.78 is 31.8. The van der Waals surface area contributed by atoms with Crippen LogP contribution in [0.5, 0.6) is 0 Å². The molecule has 142 valence electrons. The van der Waals surface area contributed by atoms with Gasteiger partial charge in [0.05, 0.1) is 5.69 Å². The van der Waals surface area contributed by atoms with Gasteiger partial charge in [0.25, 0.3) is 5.91 Å². The van der Waals surface area contributed by atoms with Gasteiger partial charge in [0.15, 0.2) is 0 Å². The predicted molar refractivity (Wildman–Crippen MR) is 96.3 cm³/mol. The summed E-state index contributed by atoms with van der Waals surface area (Å²) in [6, 6.07) is 9.25. The molecule has 1 aliphatic heterocycles. The highest BCUT2D eigenvalue weighted by molar-refractivity contribution is 5.94. The fourth-order valence-corrected chi connectivity index (χ4v) is 2.71. The van der Waals surface area contributed by atoms with E-state index >= 15 is 0 Å². The molecular weight excluding hydrogens is 356 g/mol. The Morgan fingerprint density at radius 2 is 1.96 bits per heavy atom. The molecule has 8 heteroatoms. The Bertz CT molecular complexity index is 839. The average molecular weight is 375 g/mol. The molecule has 1 saturated heterocycles. The summed E-state index contributed by atoms with van der Waals surface area (Å²) in [7, 11) is 0. The molecule has 0 radical (unpaired) electrons. The number of ether oxygens (including phenoxy) is 1. The van der Waals surface area contributed by atoms with Crippen molar-refractivity contribution in [3.05, 3.63) is 59.7 Å². The van der Waals surface area contributed by atoms with Gasteiger partial charge in [-0.1, -0.05) is 12.1 Å². The lowest BCUT2D eigenvalue weighted by molar-refractivity contribution is -0.124. The molecule has 0 saturated carbocycles. The van der Waals surface area contributed by atoms with Crippen molar-refractivity contribution in [2.24, 2.45) is 0 Å². The van der Waals surface area contributed by atoms with Crippen molar-refractivity contribution in [3.63, 3.8) is 0 Å². The monoisotopic (exact) mass is 375 g/mol. The minimum absolute atomic E-state index is 0.119. The van der Waals surface area contributed by atoms with E-state index in [1.165, 1.54) is 0 Å². The number of carbonyl (C=O) groups excluding carboxylic acids is 2. The number of urea groups is 1. The van der Waals surface area contributed by atoms with Gasteiger partial charge < -0.3 is 20.7 Å². The van der Waals surface area contributed by atoms with Crippen molar-refractivity contribution in [2.45, 2.75) is 25.5 Å². The zero-order valence-electron chi connectivity index (χ0n) is 14.4. The van der Waals surface area contributed by atoms with Gasteiger partial charge in [0.1, 0.15) is 17.7 Å². The quantitative estimate of drug-likeness (QED) is 0.749. The zero-order valence-corrected chi connectivity index (χ0v) is 14.4. The first-order valence-corrected chi connectivity index (χ1v) is 8.52. The Kier molecular flexibility index (Phi) is 5.97. The van der Waals surface area contributed by atoms with Gasteiger partial charge >= 0.3 is 6.03 Å². The van der Waals surface area contributed by atoms with E-state index in [4.69, 9.17) is 4.74 Å². The fourth-order valence-electron chi connectivity index (χ4n) is 2.71. The molecule has 3 amide bonds. The van der Waals surface area contributed by atoms with Crippen LogP contribution < -0.4 is 16.0 Å². The number of anilines is 2. The van der Waals surface area contributed by atoms with Crippen molar-refractivity contribution in [3.8, 4) is 0 Å². The minimum Gasteiger partial charge on any atom is -0.368 e. The van der Waals surface area contributed by atoms with E-state index in [-0.39, 0.29) is 18.1 Å². The largest absolute Gasteiger partial charge is 0.368 e. The highest BCUT2D eigenvalue weighted by atomic mass is 19.1. The third-order valence-corrected chi connectivity index (χ3v) is 4.05. The lowest BCUT2D eigenvalue weighted by atomic mass is 10.2. The van der Waals surface area contributed by atoms with Crippen LogP contribution in [-0.4, -0.2) is 24.6 Å². The van der Waals surface area contributed by atoms with E-state index < -0.39 is 23.8 Å². The maximum atomic E-state index is 13.5. The Balaban J connectivity index is 1.53. The zero-order chi connectivity index (χ0) is 19.2. The first-order chi connectivity index (χ1) is 13.0. The molecule has 1 heterocycles. The summed E-state index contributed by atoms with van der Waals surface area (Å²) in [5.74, 6) is -1.77. The molecule has 1 atom stereocenters. The van der Waals surface area contributed by atoms with Crippen LogP contribution in [0.25, 0.3) is 0 Å². The smallest absolute Gasteiger partial charge is 0.319 e. The third-order valence-electron chi connectivity index (χ3n) is 4.05. The van der Waals surface area contributed by atoms with Gasteiger partial charge in [-0.15, -0.1) is 0 Å². The molecule has 3 rings (SSSR count). The maximum Gasteiger partial charge on any atom is 0.319 e. The second kappa shape index (κ2) is 8.59. The predicted octanol–water partition coefficient (Wildman–Crippen LogP) is 3.40. The first-order valence-electron chi connectivity index (χ1n) is 8.52. The first kappa shape index (κ1) is 18.8.